The van der Waals surface area contributed by atoms with E-state index in [1.807, 2.05) is 30.5 Å². The molecule has 20 heavy (non-hydrogen) atoms. The topological polar surface area (TPSA) is 68.0 Å². The average molecular weight is 338 g/mol. The lowest BCUT2D eigenvalue weighted by molar-refractivity contribution is -0.137. The summed E-state index contributed by atoms with van der Waals surface area (Å²) in [5.74, 6) is -0.746. The Morgan fingerprint density at radius 3 is 2.70 bits per heavy atom. The largest absolute Gasteiger partial charge is 0.481 e. The summed E-state index contributed by atoms with van der Waals surface area (Å²) in [7, 11) is 0. The first-order valence-electron chi connectivity index (χ1n) is 6.49. The molecule has 0 aliphatic carbocycles. The van der Waals surface area contributed by atoms with Gasteiger partial charge in [0.15, 0.2) is 0 Å². The van der Waals surface area contributed by atoms with Gasteiger partial charge in [-0.05, 0) is 37.0 Å². The van der Waals surface area contributed by atoms with Crippen LogP contribution in [-0.4, -0.2) is 26.1 Å². The maximum atomic E-state index is 10.4. The quantitative estimate of drug-likeness (QED) is 0.789. The van der Waals surface area contributed by atoms with E-state index in [1.54, 1.807) is 4.68 Å². The Labute approximate surface area is 125 Å². The number of benzene rings is 1. The van der Waals surface area contributed by atoms with Crippen LogP contribution in [0.25, 0.3) is 0 Å². The molecule has 5 nitrogen and oxygen atoms in total. The van der Waals surface area contributed by atoms with Crippen molar-refractivity contribution in [1.82, 2.24) is 15.0 Å². The highest BCUT2D eigenvalue weighted by Gasteiger charge is 2.03. The van der Waals surface area contributed by atoms with Crippen molar-refractivity contribution in [2.24, 2.45) is 0 Å². The third kappa shape index (κ3) is 4.77. The van der Waals surface area contributed by atoms with Gasteiger partial charge >= 0.3 is 5.97 Å². The molecule has 0 unspecified atom stereocenters. The van der Waals surface area contributed by atoms with Crippen LogP contribution in [0.3, 0.4) is 0 Å². The van der Waals surface area contributed by atoms with E-state index in [9.17, 15) is 4.79 Å². The molecule has 2 aromatic rings. The summed E-state index contributed by atoms with van der Waals surface area (Å²) in [5, 5.41) is 16.8. The van der Waals surface area contributed by atoms with Crippen molar-refractivity contribution in [1.29, 1.82) is 0 Å². The van der Waals surface area contributed by atoms with Crippen molar-refractivity contribution in [2.45, 2.75) is 32.2 Å². The van der Waals surface area contributed by atoms with Crippen LogP contribution in [0.1, 0.15) is 30.5 Å². The molecule has 0 amide bonds. The van der Waals surface area contributed by atoms with E-state index in [-0.39, 0.29) is 6.42 Å². The molecule has 0 radical (unpaired) electrons. The number of aromatic nitrogens is 3. The Hall–Kier alpha value is -1.69. The maximum absolute atomic E-state index is 10.4. The number of hydrogen-bond acceptors (Lipinski definition) is 3. The van der Waals surface area contributed by atoms with Crippen molar-refractivity contribution in [3.63, 3.8) is 0 Å². The highest BCUT2D eigenvalue weighted by molar-refractivity contribution is 9.10. The molecule has 0 saturated heterocycles. The average Bonchev–Trinajstić information content (AvgIpc) is 2.85. The predicted molar refractivity (Wildman–Crippen MR) is 78.5 cm³/mol. The zero-order chi connectivity index (χ0) is 14.4. The van der Waals surface area contributed by atoms with Crippen LogP contribution in [0.15, 0.2) is 34.9 Å². The summed E-state index contributed by atoms with van der Waals surface area (Å²) in [5.41, 5.74) is 2.07. The number of unbranched alkanes of at least 4 members (excludes halogenated alkanes) is 1. The lowest BCUT2D eigenvalue weighted by atomic mass is 10.1. The van der Waals surface area contributed by atoms with E-state index in [0.717, 1.165) is 28.6 Å². The van der Waals surface area contributed by atoms with Crippen molar-refractivity contribution in [3.8, 4) is 0 Å². The summed E-state index contributed by atoms with van der Waals surface area (Å²) < 4.78 is 2.86. The highest BCUT2D eigenvalue weighted by Crippen LogP contribution is 2.11. The minimum absolute atomic E-state index is 0.215. The number of aryl methyl sites for hydroxylation is 1. The number of rotatable bonds is 7. The van der Waals surface area contributed by atoms with Crippen molar-refractivity contribution < 1.29 is 9.90 Å². The van der Waals surface area contributed by atoms with Gasteiger partial charge in [-0.2, -0.15) is 0 Å². The maximum Gasteiger partial charge on any atom is 0.303 e. The third-order valence-corrected chi connectivity index (χ3v) is 3.45. The molecule has 0 aliphatic heterocycles. The van der Waals surface area contributed by atoms with Gasteiger partial charge in [-0.1, -0.05) is 33.3 Å². The van der Waals surface area contributed by atoms with E-state index in [0.29, 0.717) is 13.0 Å². The van der Waals surface area contributed by atoms with Crippen LogP contribution in [0.5, 0.6) is 0 Å². The molecular formula is C14H16BrN3O2. The molecule has 6 heteroatoms. The van der Waals surface area contributed by atoms with E-state index >= 15 is 0 Å². The molecular weight excluding hydrogens is 322 g/mol. The van der Waals surface area contributed by atoms with Gasteiger partial charge in [0, 0.05) is 17.1 Å². The Morgan fingerprint density at radius 2 is 2.00 bits per heavy atom. The summed E-state index contributed by atoms with van der Waals surface area (Å²) in [6.45, 7) is 0.690. The van der Waals surface area contributed by atoms with Crippen LogP contribution in [0, 0.1) is 0 Å². The van der Waals surface area contributed by atoms with Gasteiger partial charge in [0.2, 0.25) is 0 Å². The van der Waals surface area contributed by atoms with Crippen molar-refractivity contribution >= 4 is 21.9 Å². The number of halogens is 1. The molecule has 1 aromatic carbocycles. The van der Waals surface area contributed by atoms with Gasteiger partial charge in [-0.3, -0.25) is 4.79 Å². The molecule has 0 saturated carbocycles. The van der Waals surface area contributed by atoms with Crippen LogP contribution in [0.2, 0.25) is 0 Å². The molecule has 1 aromatic heterocycles. The second-order valence-corrected chi connectivity index (χ2v) is 5.55. The number of aliphatic carboxylic acids is 1. The molecule has 106 valence electrons. The monoisotopic (exact) mass is 337 g/mol. The molecule has 0 fully saturated rings. The van der Waals surface area contributed by atoms with Gasteiger partial charge in [0.05, 0.1) is 12.2 Å². The van der Waals surface area contributed by atoms with E-state index in [1.165, 1.54) is 0 Å². The van der Waals surface area contributed by atoms with Crippen LogP contribution < -0.4 is 0 Å². The number of carbonyl (C=O) groups is 1. The van der Waals surface area contributed by atoms with E-state index in [4.69, 9.17) is 5.11 Å². The Bertz CT molecular complexity index is 566. The molecule has 1 heterocycles. The minimum Gasteiger partial charge on any atom is -0.481 e. The summed E-state index contributed by atoms with van der Waals surface area (Å²) in [4.78, 5) is 10.4. The molecule has 0 spiro atoms. The summed E-state index contributed by atoms with van der Waals surface area (Å²) in [6.07, 6.45) is 4.40. The number of carboxylic acids is 1. The zero-order valence-electron chi connectivity index (χ0n) is 11.0. The first-order valence-corrected chi connectivity index (χ1v) is 7.28. The SMILES string of the molecule is O=C(O)CCCCc1cn(Cc2ccc(Br)cc2)nn1. The van der Waals surface area contributed by atoms with Gasteiger partial charge in [-0.25, -0.2) is 4.68 Å². The van der Waals surface area contributed by atoms with Gasteiger partial charge in [0.25, 0.3) is 0 Å². The van der Waals surface area contributed by atoms with Gasteiger partial charge in [0.1, 0.15) is 0 Å². The Balaban J connectivity index is 1.82. The zero-order valence-corrected chi connectivity index (χ0v) is 12.6. The Kier molecular flexibility index (Phi) is 5.29. The van der Waals surface area contributed by atoms with E-state index < -0.39 is 5.97 Å². The predicted octanol–water partition coefficient (Wildman–Crippen LogP) is 2.89. The fourth-order valence-electron chi connectivity index (χ4n) is 1.89. The third-order valence-electron chi connectivity index (χ3n) is 2.92. The van der Waals surface area contributed by atoms with Crippen LogP contribution >= 0.6 is 15.9 Å². The first-order chi connectivity index (χ1) is 9.63. The summed E-state index contributed by atoms with van der Waals surface area (Å²) in [6, 6.07) is 8.08. The highest BCUT2D eigenvalue weighted by atomic mass is 79.9. The lowest BCUT2D eigenvalue weighted by Gasteiger charge is -2.00. The Morgan fingerprint density at radius 1 is 1.25 bits per heavy atom. The van der Waals surface area contributed by atoms with Crippen LogP contribution in [0.4, 0.5) is 0 Å². The standard InChI is InChI=1S/C14H16BrN3O2/c15-12-7-5-11(6-8-12)9-18-10-13(16-17-18)3-1-2-4-14(19)20/h5-8,10H,1-4,9H2,(H,19,20). The number of nitrogens with zero attached hydrogens (tertiary/aromatic N) is 3. The molecule has 1 N–H and O–H groups in total. The molecule has 2 rings (SSSR count). The van der Waals surface area contributed by atoms with Crippen molar-refractivity contribution in [2.75, 3.05) is 0 Å². The smallest absolute Gasteiger partial charge is 0.303 e. The number of hydrogen-bond donors (Lipinski definition) is 1. The van der Waals surface area contributed by atoms with Gasteiger partial charge < -0.3 is 5.11 Å². The lowest BCUT2D eigenvalue weighted by Crippen LogP contribution is -2.00. The number of carboxylic acid groups (broad SMARTS) is 1. The van der Waals surface area contributed by atoms with Crippen LogP contribution in [-0.2, 0) is 17.8 Å². The minimum atomic E-state index is -0.746. The van der Waals surface area contributed by atoms with Crippen molar-refractivity contribution in [3.05, 3.63) is 46.2 Å². The first kappa shape index (κ1) is 14.7. The fourth-order valence-corrected chi connectivity index (χ4v) is 2.15. The molecule has 0 atom stereocenters. The fraction of sp³-hybridized carbons (Fsp3) is 0.357. The summed E-state index contributed by atoms with van der Waals surface area (Å²) >= 11 is 3.40. The molecule has 0 bridgehead atoms. The molecule has 0 aliphatic rings. The van der Waals surface area contributed by atoms with E-state index in [2.05, 4.69) is 26.2 Å². The second kappa shape index (κ2) is 7.19. The van der Waals surface area contributed by atoms with Gasteiger partial charge in [-0.15, -0.1) is 5.10 Å². The second-order valence-electron chi connectivity index (χ2n) is 4.63. The normalized spacial score (nSPS) is 10.7.